The molecule has 0 amide bonds. The van der Waals surface area contributed by atoms with Crippen molar-refractivity contribution in [3.8, 4) is 0 Å². The van der Waals surface area contributed by atoms with Crippen molar-refractivity contribution in [3.63, 3.8) is 0 Å². The zero-order chi connectivity index (χ0) is 12.7. The summed E-state index contributed by atoms with van der Waals surface area (Å²) >= 11 is 1.73. The number of likely N-dealkylation sites (N-methyl/N-ethyl adjacent to an activating group) is 1. The van der Waals surface area contributed by atoms with Gasteiger partial charge in [-0.25, -0.2) is 4.98 Å². The summed E-state index contributed by atoms with van der Waals surface area (Å²) in [7, 11) is 2.03. The summed E-state index contributed by atoms with van der Waals surface area (Å²) in [5.74, 6) is 0. The molecule has 1 aromatic rings. The molecule has 0 spiro atoms. The van der Waals surface area contributed by atoms with Crippen LogP contribution in [-0.4, -0.2) is 54.3 Å². The zero-order valence-electron chi connectivity index (χ0n) is 10.9. The summed E-state index contributed by atoms with van der Waals surface area (Å²) in [5.41, 5.74) is 1.11. The molecule has 0 aliphatic carbocycles. The molecule has 1 atom stereocenters. The summed E-state index contributed by atoms with van der Waals surface area (Å²) in [6.45, 7) is 7.07. The molecule has 0 aliphatic heterocycles. The monoisotopic (exact) mass is 257 g/mol. The van der Waals surface area contributed by atoms with Gasteiger partial charge in [-0.2, -0.15) is 0 Å². The standard InChI is InChI=1S/C12H23N3OS/c1-10(8-15(3)6-7-16)13-5-4-12-14-11(2)9-17-12/h9-10,13,16H,4-8H2,1-3H3/t10-/m0/s1. The molecule has 0 saturated heterocycles. The second-order valence-electron chi connectivity index (χ2n) is 4.47. The van der Waals surface area contributed by atoms with E-state index in [9.17, 15) is 0 Å². The van der Waals surface area contributed by atoms with Crippen LogP contribution in [0, 0.1) is 6.92 Å². The Labute approximate surface area is 108 Å². The summed E-state index contributed by atoms with van der Waals surface area (Å²) in [5, 5.41) is 15.6. The summed E-state index contributed by atoms with van der Waals surface area (Å²) < 4.78 is 0. The highest BCUT2D eigenvalue weighted by atomic mass is 32.1. The Kier molecular flexibility index (Phi) is 6.65. The van der Waals surface area contributed by atoms with Crippen LogP contribution in [0.5, 0.6) is 0 Å². The fraction of sp³-hybridized carbons (Fsp3) is 0.750. The van der Waals surface area contributed by atoms with E-state index in [-0.39, 0.29) is 6.61 Å². The number of nitrogens with zero attached hydrogens (tertiary/aromatic N) is 2. The SMILES string of the molecule is Cc1csc(CCN[C@@H](C)CN(C)CCO)n1. The van der Waals surface area contributed by atoms with Crippen LogP contribution in [0.15, 0.2) is 5.38 Å². The number of aryl methyl sites for hydroxylation is 1. The van der Waals surface area contributed by atoms with Gasteiger partial charge < -0.3 is 15.3 Å². The molecule has 0 fully saturated rings. The average molecular weight is 257 g/mol. The highest BCUT2D eigenvalue weighted by molar-refractivity contribution is 7.09. The molecule has 0 aliphatic rings. The zero-order valence-corrected chi connectivity index (χ0v) is 11.8. The third-order valence-corrected chi connectivity index (χ3v) is 3.59. The number of aliphatic hydroxyl groups is 1. The second kappa shape index (κ2) is 7.76. The minimum Gasteiger partial charge on any atom is -0.395 e. The molecule has 0 radical (unpaired) electrons. The van der Waals surface area contributed by atoms with Crippen molar-refractivity contribution < 1.29 is 5.11 Å². The Morgan fingerprint density at radius 1 is 1.59 bits per heavy atom. The Bertz CT molecular complexity index is 316. The van der Waals surface area contributed by atoms with E-state index in [1.165, 1.54) is 5.01 Å². The number of hydrogen-bond donors (Lipinski definition) is 2. The maximum Gasteiger partial charge on any atom is 0.0940 e. The lowest BCUT2D eigenvalue weighted by atomic mass is 10.3. The van der Waals surface area contributed by atoms with E-state index in [4.69, 9.17) is 5.11 Å². The number of aromatic nitrogens is 1. The highest BCUT2D eigenvalue weighted by Gasteiger charge is 2.05. The van der Waals surface area contributed by atoms with E-state index in [0.717, 1.165) is 31.7 Å². The molecule has 1 rings (SSSR count). The molecule has 1 aromatic heterocycles. The topological polar surface area (TPSA) is 48.4 Å². The molecule has 2 N–H and O–H groups in total. The van der Waals surface area contributed by atoms with E-state index in [1.54, 1.807) is 11.3 Å². The number of rotatable bonds is 8. The smallest absolute Gasteiger partial charge is 0.0940 e. The number of aliphatic hydroxyl groups excluding tert-OH is 1. The quantitative estimate of drug-likeness (QED) is 0.726. The van der Waals surface area contributed by atoms with Gasteiger partial charge in [-0.3, -0.25) is 0 Å². The van der Waals surface area contributed by atoms with Crippen LogP contribution < -0.4 is 5.32 Å². The fourth-order valence-electron chi connectivity index (χ4n) is 1.74. The largest absolute Gasteiger partial charge is 0.395 e. The van der Waals surface area contributed by atoms with Gasteiger partial charge in [0.2, 0.25) is 0 Å². The number of thiazole rings is 1. The van der Waals surface area contributed by atoms with Crippen molar-refractivity contribution in [1.82, 2.24) is 15.2 Å². The van der Waals surface area contributed by atoms with Crippen molar-refractivity contribution in [2.24, 2.45) is 0 Å². The maximum absolute atomic E-state index is 8.81. The van der Waals surface area contributed by atoms with Crippen LogP contribution in [0.25, 0.3) is 0 Å². The highest BCUT2D eigenvalue weighted by Crippen LogP contribution is 2.08. The summed E-state index contributed by atoms with van der Waals surface area (Å²) in [6.07, 6.45) is 0.993. The van der Waals surface area contributed by atoms with Crippen LogP contribution in [0.1, 0.15) is 17.6 Å². The van der Waals surface area contributed by atoms with Gasteiger partial charge in [0.15, 0.2) is 0 Å². The van der Waals surface area contributed by atoms with Gasteiger partial charge in [-0.15, -0.1) is 11.3 Å². The molecular weight excluding hydrogens is 234 g/mol. The van der Waals surface area contributed by atoms with E-state index in [2.05, 4.69) is 27.5 Å². The lowest BCUT2D eigenvalue weighted by Gasteiger charge is -2.21. The van der Waals surface area contributed by atoms with Gasteiger partial charge in [0.1, 0.15) is 0 Å². The Balaban J connectivity index is 2.13. The predicted octanol–water partition coefficient (Wildman–Crippen LogP) is 0.896. The summed E-state index contributed by atoms with van der Waals surface area (Å²) in [4.78, 5) is 6.56. The van der Waals surface area contributed by atoms with E-state index < -0.39 is 0 Å². The van der Waals surface area contributed by atoms with E-state index >= 15 is 0 Å². The average Bonchev–Trinajstić information content (AvgIpc) is 2.64. The van der Waals surface area contributed by atoms with Crippen molar-refractivity contribution in [3.05, 3.63) is 16.1 Å². The van der Waals surface area contributed by atoms with E-state index in [0.29, 0.717) is 6.04 Å². The molecule has 0 unspecified atom stereocenters. The van der Waals surface area contributed by atoms with Crippen LogP contribution >= 0.6 is 11.3 Å². The van der Waals surface area contributed by atoms with Crippen molar-refractivity contribution >= 4 is 11.3 Å². The number of hydrogen-bond acceptors (Lipinski definition) is 5. The third kappa shape index (κ3) is 6.12. The normalized spacial score (nSPS) is 13.2. The minimum absolute atomic E-state index is 0.224. The molecule has 17 heavy (non-hydrogen) atoms. The van der Waals surface area contributed by atoms with Crippen molar-refractivity contribution in [1.29, 1.82) is 0 Å². The summed E-state index contributed by atoms with van der Waals surface area (Å²) in [6, 6.07) is 0.438. The Hall–Kier alpha value is -0.490. The minimum atomic E-state index is 0.224. The van der Waals surface area contributed by atoms with Crippen molar-refractivity contribution in [2.75, 3.05) is 33.3 Å². The van der Waals surface area contributed by atoms with Crippen LogP contribution in [-0.2, 0) is 6.42 Å². The van der Waals surface area contributed by atoms with Gasteiger partial charge in [0.05, 0.1) is 11.6 Å². The molecule has 98 valence electrons. The van der Waals surface area contributed by atoms with Crippen LogP contribution in [0.3, 0.4) is 0 Å². The van der Waals surface area contributed by atoms with Gasteiger partial charge in [0.25, 0.3) is 0 Å². The molecule has 0 saturated carbocycles. The second-order valence-corrected chi connectivity index (χ2v) is 5.42. The van der Waals surface area contributed by atoms with Gasteiger partial charge in [-0.1, -0.05) is 0 Å². The van der Waals surface area contributed by atoms with Gasteiger partial charge >= 0.3 is 0 Å². The van der Waals surface area contributed by atoms with Gasteiger partial charge in [0, 0.05) is 43.2 Å². The van der Waals surface area contributed by atoms with Crippen molar-refractivity contribution in [2.45, 2.75) is 26.3 Å². The Morgan fingerprint density at radius 3 is 2.94 bits per heavy atom. The first-order valence-corrected chi connectivity index (χ1v) is 6.93. The predicted molar refractivity (Wildman–Crippen MR) is 72.6 cm³/mol. The molecule has 5 heteroatoms. The lowest BCUT2D eigenvalue weighted by Crippen LogP contribution is -2.39. The van der Waals surface area contributed by atoms with Crippen LogP contribution in [0.2, 0.25) is 0 Å². The molecule has 0 aromatic carbocycles. The first-order valence-electron chi connectivity index (χ1n) is 6.05. The molecule has 1 heterocycles. The first kappa shape index (κ1) is 14.6. The van der Waals surface area contributed by atoms with Crippen LogP contribution in [0.4, 0.5) is 0 Å². The molecular formula is C12H23N3OS. The molecule has 4 nitrogen and oxygen atoms in total. The lowest BCUT2D eigenvalue weighted by molar-refractivity contribution is 0.211. The number of nitrogens with one attached hydrogen (secondary N) is 1. The molecule has 0 bridgehead atoms. The Morgan fingerprint density at radius 2 is 2.35 bits per heavy atom. The fourth-order valence-corrected chi connectivity index (χ4v) is 2.51. The van der Waals surface area contributed by atoms with E-state index in [1.807, 2.05) is 14.0 Å². The third-order valence-electron chi connectivity index (χ3n) is 2.57. The first-order chi connectivity index (χ1) is 8.11. The maximum atomic E-state index is 8.81. The van der Waals surface area contributed by atoms with Gasteiger partial charge in [-0.05, 0) is 20.9 Å².